The molecule has 0 amide bonds. The van der Waals surface area contributed by atoms with Crippen LogP contribution in [0, 0.1) is 0 Å². The molecule has 0 aliphatic rings. The van der Waals surface area contributed by atoms with Crippen LogP contribution in [0.1, 0.15) is 5.56 Å². The lowest BCUT2D eigenvalue weighted by Crippen LogP contribution is -1.93. The minimum atomic E-state index is 0.453. The van der Waals surface area contributed by atoms with Crippen molar-refractivity contribution in [1.82, 2.24) is 0 Å². The number of benzene rings is 2. The summed E-state index contributed by atoms with van der Waals surface area (Å²) < 4.78 is 5.54. The highest BCUT2D eigenvalue weighted by Crippen LogP contribution is 2.27. The van der Waals surface area contributed by atoms with Gasteiger partial charge in [0.2, 0.25) is 0 Å². The van der Waals surface area contributed by atoms with Crippen LogP contribution < -0.4 is 4.74 Å². The van der Waals surface area contributed by atoms with Gasteiger partial charge in [0.15, 0.2) is 0 Å². The Morgan fingerprint density at radius 2 is 1.78 bits per heavy atom. The molecular weight excluding hydrogens is 267 g/mol. The monoisotopic (exact) mass is 278 g/mol. The van der Waals surface area contributed by atoms with Crippen LogP contribution in [0.25, 0.3) is 6.08 Å². The van der Waals surface area contributed by atoms with E-state index in [4.69, 9.17) is 27.9 Å². The van der Waals surface area contributed by atoms with Crippen molar-refractivity contribution in [3.8, 4) is 5.75 Å². The van der Waals surface area contributed by atoms with E-state index in [-0.39, 0.29) is 0 Å². The van der Waals surface area contributed by atoms with Crippen molar-refractivity contribution in [2.24, 2.45) is 0 Å². The van der Waals surface area contributed by atoms with E-state index in [1.54, 1.807) is 18.2 Å². The summed E-state index contributed by atoms with van der Waals surface area (Å²) in [6.07, 6.45) is 3.94. The van der Waals surface area contributed by atoms with Gasteiger partial charge in [0, 0.05) is 11.1 Å². The molecule has 0 spiro atoms. The van der Waals surface area contributed by atoms with Crippen LogP contribution in [-0.4, -0.2) is 6.61 Å². The molecule has 2 aromatic carbocycles. The van der Waals surface area contributed by atoms with Crippen molar-refractivity contribution in [3.63, 3.8) is 0 Å². The largest absolute Gasteiger partial charge is 0.488 e. The average Bonchev–Trinajstić information content (AvgIpc) is 2.40. The van der Waals surface area contributed by atoms with E-state index < -0.39 is 0 Å². The molecule has 0 radical (unpaired) electrons. The van der Waals surface area contributed by atoms with E-state index >= 15 is 0 Å². The van der Waals surface area contributed by atoms with E-state index in [9.17, 15) is 0 Å². The molecule has 0 unspecified atom stereocenters. The fraction of sp³-hybridized carbons (Fsp3) is 0.0667. The quantitative estimate of drug-likeness (QED) is 0.757. The van der Waals surface area contributed by atoms with Crippen molar-refractivity contribution < 1.29 is 4.74 Å². The Bertz CT molecular complexity index is 535. The molecule has 0 aromatic heterocycles. The Hall–Kier alpha value is -1.44. The normalized spacial score (nSPS) is 10.8. The Kier molecular flexibility index (Phi) is 4.68. The highest BCUT2D eigenvalue weighted by atomic mass is 35.5. The van der Waals surface area contributed by atoms with Gasteiger partial charge in [-0.1, -0.05) is 59.6 Å². The Balaban J connectivity index is 1.92. The Labute approximate surface area is 117 Å². The first-order valence-electron chi connectivity index (χ1n) is 5.55. The fourth-order valence-electron chi connectivity index (χ4n) is 1.47. The summed E-state index contributed by atoms with van der Waals surface area (Å²) in [5, 5.41) is 1.17. The molecule has 0 aliphatic heterocycles. The molecule has 0 N–H and O–H groups in total. The summed E-state index contributed by atoms with van der Waals surface area (Å²) in [7, 11) is 0. The van der Waals surface area contributed by atoms with Gasteiger partial charge in [-0.15, -0.1) is 0 Å². The van der Waals surface area contributed by atoms with Crippen LogP contribution in [0.3, 0.4) is 0 Å². The first kappa shape index (κ1) is 13.0. The first-order valence-corrected chi connectivity index (χ1v) is 6.31. The highest BCUT2D eigenvalue weighted by Gasteiger charge is 2.00. The second-order valence-corrected chi connectivity index (χ2v) is 4.54. The fourth-order valence-corrected chi connectivity index (χ4v) is 1.81. The van der Waals surface area contributed by atoms with Crippen LogP contribution in [0.15, 0.2) is 54.6 Å². The van der Waals surface area contributed by atoms with Gasteiger partial charge >= 0.3 is 0 Å². The number of hydrogen-bond donors (Lipinski definition) is 0. The smallest absolute Gasteiger partial charge is 0.139 e. The molecule has 0 bridgehead atoms. The predicted octanol–water partition coefficient (Wildman–Crippen LogP) is 5.09. The zero-order chi connectivity index (χ0) is 12.8. The van der Waals surface area contributed by atoms with Crippen LogP contribution in [0.4, 0.5) is 0 Å². The van der Waals surface area contributed by atoms with Gasteiger partial charge in [-0.2, -0.15) is 0 Å². The Morgan fingerprint density at radius 1 is 1.00 bits per heavy atom. The topological polar surface area (TPSA) is 9.23 Å². The lowest BCUT2D eigenvalue weighted by atomic mass is 10.2. The van der Waals surface area contributed by atoms with E-state index in [1.807, 2.05) is 42.5 Å². The summed E-state index contributed by atoms with van der Waals surface area (Å²) in [5.74, 6) is 0.599. The number of ether oxygens (including phenoxy) is 1. The van der Waals surface area contributed by atoms with Gasteiger partial charge in [-0.3, -0.25) is 0 Å². The zero-order valence-corrected chi connectivity index (χ0v) is 11.2. The second kappa shape index (κ2) is 6.48. The lowest BCUT2D eigenvalue weighted by molar-refractivity contribution is 0.364. The molecule has 0 saturated heterocycles. The molecule has 2 rings (SSSR count). The minimum absolute atomic E-state index is 0.453. The van der Waals surface area contributed by atoms with Crippen molar-refractivity contribution in [2.45, 2.75) is 0 Å². The van der Waals surface area contributed by atoms with E-state index in [1.165, 1.54) is 0 Å². The van der Waals surface area contributed by atoms with Gasteiger partial charge in [-0.05, 0) is 23.8 Å². The molecule has 92 valence electrons. The third kappa shape index (κ3) is 3.80. The molecule has 0 saturated carbocycles. The molecule has 0 aliphatic carbocycles. The predicted molar refractivity (Wildman–Crippen MR) is 77.4 cm³/mol. The minimum Gasteiger partial charge on any atom is -0.488 e. The number of halogens is 2. The maximum atomic E-state index is 5.98. The summed E-state index contributed by atoms with van der Waals surface area (Å²) in [4.78, 5) is 0. The van der Waals surface area contributed by atoms with E-state index in [0.29, 0.717) is 22.4 Å². The van der Waals surface area contributed by atoms with Crippen LogP contribution >= 0.6 is 23.2 Å². The van der Waals surface area contributed by atoms with Gasteiger partial charge in [0.05, 0.1) is 5.02 Å². The zero-order valence-electron chi connectivity index (χ0n) is 9.64. The van der Waals surface area contributed by atoms with Crippen molar-refractivity contribution >= 4 is 29.3 Å². The molecule has 2 aromatic rings. The summed E-state index contributed by atoms with van der Waals surface area (Å²) >= 11 is 11.9. The van der Waals surface area contributed by atoms with Crippen molar-refractivity contribution in [2.75, 3.05) is 6.61 Å². The first-order chi connectivity index (χ1) is 8.75. The number of hydrogen-bond acceptors (Lipinski definition) is 1. The molecule has 3 heteroatoms. The molecule has 18 heavy (non-hydrogen) atoms. The second-order valence-electron chi connectivity index (χ2n) is 3.70. The summed E-state index contributed by atoms with van der Waals surface area (Å²) in [6.45, 7) is 0.453. The van der Waals surface area contributed by atoms with Gasteiger partial charge in [-0.25, -0.2) is 0 Å². The molecule has 0 atom stereocenters. The third-order valence-electron chi connectivity index (χ3n) is 2.34. The molecule has 0 heterocycles. The highest BCUT2D eigenvalue weighted by molar-refractivity contribution is 6.34. The van der Waals surface area contributed by atoms with Gasteiger partial charge in [0.1, 0.15) is 12.4 Å². The maximum Gasteiger partial charge on any atom is 0.139 e. The van der Waals surface area contributed by atoms with Gasteiger partial charge < -0.3 is 4.74 Å². The standard InChI is InChI=1S/C15H12Cl2O/c16-13-8-9-14(17)15(11-13)18-10-4-7-12-5-2-1-3-6-12/h1-9,11H,10H2/b7-4+. The molecule has 0 fully saturated rings. The lowest BCUT2D eigenvalue weighted by Gasteiger charge is -2.05. The van der Waals surface area contributed by atoms with Crippen molar-refractivity contribution in [3.05, 3.63) is 70.2 Å². The van der Waals surface area contributed by atoms with Crippen molar-refractivity contribution in [1.29, 1.82) is 0 Å². The SMILES string of the molecule is Clc1ccc(Cl)c(OC/C=C/c2ccccc2)c1. The summed E-state index contributed by atoms with van der Waals surface area (Å²) in [6, 6.07) is 15.2. The van der Waals surface area contributed by atoms with Crippen LogP contribution in [0.5, 0.6) is 5.75 Å². The maximum absolute atomic E-state index is 5.98. The third-order valence-corrected chi connectivity index (χ3v) is 2.89. The van der Waals surface area contributed by atoms with Crippen LogP contribution in [0.2, 0.25) is 10.0 Å². The average molecular weight is 279 g/mol. The van der Waals surface area contributed by atoms with E-state index in [2.05, 4.69) is 0 Å². The summed E-state index contributed by atoms with van der Waals surface area (Å²) in [5.41, 5.74) is 1.14. The Morgan fingerprint density at radius 3 is 2.56 bits per heavy atom. The molecular formula is C15H12Cl2O. The van der Waals surface area contributed by atoms with Gasteiger partial charge in [0.25, 0.3) is 0 Å². The molecule has 1 nitrogen and oxygen atoms in total. The van der Waals surface area contributed by atoms with E-state index in [0.717, 1.165) is 5.56 Å². The number of rotatable bonds is 4. The van der Waals surface area contributed by atoms with Crippen LogP contribution in [-0.2, 0) is 0 Å².